The van der Waals surface area contributed by atoms with Gasteiger partial charge in [-0.05, 0) is 44.5 Å². The van der Waals surface area contributed by atoms with Crippen LogP contribution in [-0.2, 0) is 4.74 Å². The molecule has 0 radical (unpaired) electrons. The maximum absolute atomic E-state index is 5.72. The van der Waals surface area contributed by atoms with Crippen LogP contribution in [0.4, 0.5) is 0 Å². The van der Waals surface area contributed by atoms with Crippen molar-refractivity contribution in [1.82, 2.24) is 5.32 Å². The van der Waals surface area contributed by atoms with Gasteiger partial charge in [-0.15, -0.1) is 0 Å². The Morgan fingerprint density at radius 1 is 1.42 bits per heavy atom. The van der Waals surface area contributed by atoms with Crippen LogP contribution in [0.15, 0.2) is 24.3 Å². The third kappa shape index (κ3) is 3.48. The van der Waals surface area contributed by atoms with Gasteiger partial charge in [0.05, 0.1) is 12.7 Å². The molecular formula is C16H25NO2. The van der Waals surface area contributed by atoms with Gasteiger partial charge in [0, 0.05) is 18.6 Å². The Balaban J connectivity index is 2.20. The molecule has 1 heterocycles. The predicted molar refractivity (Wildman–Crippen MR) is 77.5 cm³/mol. The smallest absolute Gasteiger partial charge is 0.119 e. The van der Waals surface area contributed by atoms with Gasteiger partial charge < -0.3 is 14.8 Å². The third-order valence-electron chi connectivity index (χ3n) is 3.82. The number of ether oxygens (including phenoxy) is 2. The SMILES string of the molecule is CCNC(c1cccc(OCC)c1)C1CCOC1C. The molecule has 3 heteroatoms. The lowest BCUT2D eigenvalue weighted by Crippen LogP contribution is -2.31. The van der Waals surface area contributed by atoms with Crippen molar-refractivity contribution in [2.45, 2.75) is 39.3 Å². The number of hydrogen-bond donors (Lipinski definition) is 1. The molecule has 3 atom stereocenters. The minimum absolute atomic E-state index is 0.319. The summed E-state index contributed by atoms with van der Waals surface area (Å²) in [6.45, 7) is 8.89. The zero-order valence-electron chi connectivity index (χ0n) is 12.2. The van der Waals surface area contributed by atoms with E-state index < -0.39 is 0 Å². The van der Waals surface area contributed by atoms with E-state index >= 15 is 0 Å². The van der Waals surface area contributed by atoms with Crippen molar-refractivity contribution in [2.75, 3.05) is 19.8 Å². The summed E-state index contributed by atoms with van der Waals surface area (Å²) >= 11 is 0. The van der Waals surface area contributed by atoms with E-state index in [-0.39, 0.29) is 0 Å². The van der Waals surface area contributed by atoms with Gasteiger partial charge in [0.15, 0.2) is 0 Å². The first-order valence-electron chi connectivity index (χ1n) is 7.34. The molecule has 19 heavy (non-hydrogen) atoms. The van der Waals surface area contributed by atoms with Crippen LogP contribution in [0.3, 0.4) is 0 Å². The lowest BCUT2D eigenvalue weighted by Gasteiger charge is -2.27. The van der Waals surface area contributed by atoms with E-state index in [1.807, 2.05) is 13.0 Å². The fourth-order valence-electron chi connectivity index (χ4n) is 2.89. The van der Waals surface area contributed by atoms with E-state index in [4.69, 9.17) is 9.47 Å². The summed E-state index contributed by atoms with van der Waals surface area (Å²) in [7, 11) is 0. The standard InChI is InChI=1S/C16H25NO2/c1-4-17-16(15-9-10-19-12(15)3)13-7-6-8-14(11-13)18-5-2/h6-8,11-12,15-17H,4-5,9-10H2,1-3H3. The first-order chi connectivity index (χ1) is 9.26. The molecule has 2 rings (SSSR count). The molecule has 0 aromatic heterocycles. The number of hydrogen-bond acceptors (Lipinski definition) is 3. The minimum Gasteiger partial charge on any atom is -0.494 e. The van der Waals surface area contributed by atoms with Gasteiger partial charge in [0.2, 0.25) is 0 Å². The van der Waals surface area contributed by atoms with Crippen LogP contribution in [0.2, 0.25) is 0 Å². The van der Waals surface area contributed by atoms with E-state index in [2.05, 4.69) is 37.4 Å². The molecule has 1 aliphatic heterocycles. The Kier molecular flexibility index (Phi) is 5.23. The summed E-state index contributed by atoms with van der Waals surface area (Å²) < 4.78 is 11.3. The molecule has 0 saturated carbocycles. The van der Waals surface area contributed by atoms with Gasteiger partial charge in [-0.25, -0.2) is 0 Å². The van der Waals surface area contributed by atoms with Crippen LogP contribution >= 0.6 is 0 Å². The Bertz CT molecular complexity index is 394. The van der Waals surface area contributed by atoms with Crippen molar-refractivity contribution >= 4 is 0 Å². The van der Waals surface area contributed by atoms with E-state index in [9.17, 15) is 0 Å². The summed E-state index contributed by atoms with van der Waals surface area (Å²) in [5.41, 5.74) is 1.30. The molecule has 1 N–H and O–H groups in total. The number of rotatable bonds is 6. The van der Waals surface area contributed by atoms with Gasteiger partial charge in [0.25, 0.3) is 0 Å². The monoisotopic (exact) mass is 263 g/mol. The summed E-state index contributed by atoms with van der Waals surface area (Å²) in [5, 5.41) is 3.61. The first kappa shape index (κ1) is 14.4. The van der Waals surface area contributed by atoms with Gasteiger partial charge in [0.1, 0.15) is 5.75 Å². The fourth-order valence-corrected chi connectivity index (χ4v) is 2.89. The van der Waals surface area contributed by atoms with Gasteiger partial charge in [-0.1, -0.05) is 19.1 Å². The normalized spacial score (nSPS) is 24.4. The second-order valence-electron chi connectivity index (χ2n) is 5.07. The van der Waals surface area contributed by atoms with Gasteiger partial charge in [-0.3, -0.25) is 0 Å². The van der Waals surface area contributed by atoms with Crippen molar-refractivity contribution < 1.29 is 9.47 Å². The fraction of sp³-hybridized carbons (Fsp3) is 0.625. The van der Waals surface area contributed by atoms with Crippen molar-refractivity contribution in [3.05, 3.63) is 29.8 Å². The average molecular weight is 263 g/mol. The topological polar surface area (TPSA) is 30.5 Å². The molecular weight excluding hydrogens is 238 g/mol. The Morgan fingerprint density at radius 3 is 2.89 bits per heavy atom. The molecule has 3 nitrogen and oxygen atoms in total. The van der Waals surface area contributed by atoms with Crippen LogP contribution in [0, 0.1) is 5.92 Å². The van der Waals surface area contributed by atoms with Crippen molar-refractivity contribution in [3.63, 3.8) is 0 Å². The molecule has 1 aromatic rings. The Morgan fingerprint density at radius 2 is 2.26 bits per heavy atom. The lowest BCUT2D eigenvalue weighted by atomic mass is 9.88. The average Bonchev–Trinajstić information content (AvgIpc) is 2.83. The second kappa shape index (κ2) is 6.92. The van der Waals surface area contributed by atoms with E-state index in [1.54, 1.807) is 0 Å². The van der Waals surface area contributed by atoms with E-state index in [0.717, 1.165) is 25.3 Å². The molecule has 1 fully saturated rings. The van der Waals surface area contributed by atoms with Crippen LogP contribution in [0.25, 0.3) is 0 Å². The Labute approximate surface area is 116 Å². The summed E-state index contributed by atoms with van der Waals surface area (Å²) in [6.07, 6.45) is 1.44. The van der Waals surface area contributed by atoms with Gasteiger partial charge in [-0.2, -0.15) is 0 Å². The second-order valence-corrected chi connectivity index (χ2v) is 5.07. The van der Waals surface area contributed by atoms with Crippen LogP contribution in [0.1, 0.15) is 38.8 Å². The van der Waals surface area contributed by atoms with Crippen LogP contribution in [0.5, 0.6) is 5.75 Å². The largest absolute Gasteiger partial charge is 0.494 e. The summed E-state index contributed by atoms with van der Waals surface area (Å²) in [5.74, 6) is 1.49. The maximum Gasteiger partial charge on any atom is 0.119 e. The highest BCUT2D eigenvalue weighted by atomic mass is 16.5. The lowest BCUT2D eigenvalue weighted by molar-refractivity contribution is 0.0955. The molecule has 0 aliphatic carbocycles. The third-order valence-corrected chi connectivity index (χ3v) is 3.82. The minimum atomic E-state index is 0.319. The van der Waals surface area contributed by atoms with E-state index in [1.165, 1.54) is 5.56 Å². The highest BCUT2D eigenvalue weighted by Gasteiger charge is 2.32. The van der Waals surface area contributed by atoms with E-state index in [0.29, 0.717) is 24.7 Å². The zero-order valence-corrected chi connectivity index (χ0v) is 12.2. The summed E-state index contributed by atoms with van der Waals surface area (Å²) in [4.78, 5) is 0. The Hall–Kier alpha value is -1.06. The zero-order chi connectivity index (χ0) is 13.7. The highest BCUT2D eigenvalue weighted by molar-refractivity contribution is 5.31. The first-order valence-corrected chi connectivity index (χ1v) is 7.34. The maximum atomic E-state index is 5.72. The molecule has 3 unspecified atom stereocenters. The molecule has 0 amide bonds. The van der Waals surface area contributed by atoms with Crippen molar-refractivity contribution in [3.8, 4) is 5.75 Å². The summed E-state index contributed by atoms with van der Waals surface area (Å²) in [6, 6.07) is 8.78. The van der Waals surface area contributed by atoms with Crippen molar-refractivity contribution in [1.29, 1.82) is 0 Å². The predicted octanol–water partition coefficient (Wildman–Crippen LogP) is 3.16. The molecule has 106 valence electrons. The molecule has 0 bridgehead atoms. The molecule has 1 aliphatic rings. The van der Waals surface area contributed by atoms with Gasteiger partial charge >= 0.3 is 0 Å². The molecule has 1 aromatic carbocycles. The van der Waals surface area contributed by atoms with Crippen molar-refractivity contribution in [2.24, 2.45) is 5.92 Å². The molecule has 1 saturated heterocycles. The number of benzene rings is 1. The van der Waals surface area contributed by atoms with Crippen LogP contribution < -0.4 is 10.1 Å². The van der Waals surface area contributed by atoms with Crippen LogP contribution in [-0.4, -0.2) is 25.9 Å². The quantitative estimate of drug-likeness (QED) is 0.855. The molecule has 0 spiro atoms. The number of nitrogens with one attached hydrogen (secondary N) is 1. The highest BCUT2D eigenvalue weighted by Crippen LogP contribution is 2.34.